The molecule has 0 aliphatic carbocycles. The minimum Gasteiger partial charge on any atom is -0.309 e. The Labute approximate surface area is 296 Å². The quantitative estimate of drug-likeness (QED) is 0.172. The van der Waals surface area contributed by atoms with Crippen LogP contribution in [-0.2, 0) is 6.42 Å². The van der Waals surface area contributed by atoms with E-state index < -0.39 is 0 Å². The molecule has 5 heteroatoms. The van der Waals surface area contributed by atoms with E-state index in [2.05, 4.69) is 101 Å². The fraction of sp³-hybridized carbons (Fsp3) is 0.0652. The Hall–Kier alpha value is -7.13. The second-order valence-corrected chi connectivity index (χ2v) is 12.4. The zero-order chi connectivity index (χ0) is 34.9. The molecule has 51 heavy (non-hydrogen) atoms. The molecule has 0 bridgehead atoms. The summed E-state index contributed by atoms with van der Waals surface area (Å²) < 4.78 is 4.45. The SMILES string of the molecule is CCc1c(/C=C\CC#N)n(-c2ccccc2-c2cccc(-c3cccc(-n4c5ccccc5c5ccccc54)c3C#N)c2)c2ccc(C#N)cc12. The van der Waals surface area contributed by atoms with Gasteiger partial charge in [0.2, 0.25) is 0 Å². The summed E-state index contributed by atoms with van der Waals surface area (Å²) in [5.41, 5.74) is 12.1. The van der Waals surface area contributed by atoms with Crippen molar-refractivity contribution >= 4 is 38.8 Å². The summed E-state index contributed by atoms with van der Waals surface area (Å²) in [5, 5.41) is 33.1. The van der Waals surface area contributed by atoms with Crippen molar-refractivity contribution in [3.63, 3.8) is 0 Å². The van der Waals surface area contributed by atoms with Crippen LogP contribution < -0.4 is 0 Å². The van der Waals surface area contributed by atoms with Gasteiger partial charge >= 0.3 is 0 Å². The molecule has 2 aromatic heterocycles. The number of para-hydroxylation sites is 3. The van der Waals surface area contributed by atoms with Crippen LogP contribution in [-0.4, -0.2) is 9.13 Å². The van der Waals surface area contributed by atoms with Gasteiger partial charge in [-0.2, -0.15) is 15.8 Å². The van der Waals surface area contributed by atoms with Crippen molar-refractivity contribution in [2.75, 3.05) is 0 Å². The summed E-state index contributed by atoms with van der Waals surface area (Å²) in [5.74, 6) is 0. The average molecular weight is 654 g/mol. The minimum atomic E-state index is 0.298. The first-order chi connectivity index (χ1) is 25.2. The van der Waals surface area contributed by atoms with E-state index in [-0.39, 0.29) is 0 Å². The van der Waals surface area contributed by atoms with Gasteiger partial charge < -0.3 is 9.13 Å². The van der Waals surface area contributed by atoms with E-state index in [9.17, 15) is 15.8 Å². The van der Waals surface area contributed by atoms with Crippen molar-refractivity contribution in [1.82, 2.24) is 9.13 Å². The predicted molar refractivity (Wildman–Crippen MR) is 207 cm³/mol. The smallest absolute Gasteiger partial charge is 0.102 e. The number of hydrogen-bond donors (Lipinski definition) is 0. The highest BCUT2D eigenvalue weighted by Crippen LogP contribution is 2.39. The Bertz CT molecular complexity index is 2750. The van der Waals surface area contributed by atoms with Gasteiger partial charge in [0.25, 0.3) is 0 Å². The standard InChI is InChI=1S/C46H31N5/c1-2-34-39-27-31(29-48)24-25-46(39)50(41(34)22-9-10-26-47)42-19-6-3-15-36(42)33-14-11-13-32(28-33)35-18-12-23-45(40(35)30-49)51-43-20-7-4-16-37(43)38-17-5-8-21-44(38)51/h3-9,11-25,27-28H,2,10H2,1H3/b22-9-. The van der Waals surface area contributed by atoms with Crippen LogP contribution in [0.4, 0.5) is 0 Å². The van der Waals surface area contributed by atoms with Crippen molar-refractivity contribution in [3.05, 3.63) is 162 Å². The van der Waals surface area contributed by atoms with Gasteiger partial charge in [0.1, 0.15) is 6.07 Å². The summed E-state index contributed by atoms with van der Waals surface area (Å²) in [6.07, 6.45) is 4.99. The summed E-state index contributed by atoms with van der Waals surface area (Å²) in [6, 6.07) is 52.4. The molecule has 240 valence electrons. The highest BCUT2D eigenvalue weighted by molar-refractivity contribution is 6.09. The van der Waals surface area contributed by atoms with E-state index in [4.69, 9.17) is 0 Å². The third-order valence-electron chi connectivity index (χ3n) is 9.68. The minimum absolute atomic E-state index is 0.298. The van der Waals surface area contributed by atoms with Gasteiger partial charge in [-0.05, 0) is 77.7 Å². The first-order valence-electron chi connectivity index (χ1n) is 17.0. The molecule has 6 aromatic carbocycles. The zero-order valence-electron chi connectivity index (χ0n) is 28.0. The highest BCUT2D eigenvalue weighted by atomic mass is 15.0. The normalized spacial score (nSPS) is 11.3. The molecular formula is C46H31N5. The van der Waals surface area contributed by atoms with Crippen LogP contribution >= 0.6 is 0 Å². The third kappa shape index (κ3) is 5.15. The maximum Gasteiger partial charge on any atom is 0.102 e. The molecule has 0 saturated heterocycles. The lowest BCUT2D eigenvalue weighted by molar-refractivity contribution is 1.06. The number of nitriles is 3. The average Bonchev–Trinajstić information content (AvgIpc) is 3.69. The molecule has 0 unspecified atom stereocenters. The van der Waals surface area contributed by atoms with E-state index >= 15 is 0 Å². The zero-order valence-corrected chi connectivity index (χ0v) is 28.0. The maximum atomic E-state index is 10.8. The van der Waals surface area contributed by atoms with E-state index in [1.165, 1.54) is 0 Å². The molecule has 8 rings (SSSR count). The highest BCUT2D eigenvalue weighted by Gasteiger charge is 2.20. The van der Waals surface area contributed by atoms with Crippen LogP contribution in [0, 0.1) is 34.0 Å². The summed E-state index contributed by atoms with van der Waals surface area (Å²) in [7, 11) is 0. The van der Waals surface area contributed by atoms with E-state index in [0.717, 1.165) is 84.0 Å². The van der Waals surface area contributed by atoms with Crippen molar-refractivity contribution in [2.45, 2.75) is 19.8 Å². The van der Waals surface area contributed by atoms with Crippen LogP contribution in [0.2, 0.25) is 0 Å². The third-order valence-corrected chi connectivity index (χ3v) is 9.68. The molecule has 0 aliphatic rings. The lowest BCUT2D eigenvalue weighted by atomic mass is 9.94. The largest absolute Gasteiger partial charge is 0.309 e. The molecular weight excluding hydrogens is 623 g/mol. The van der Waals surface area contributed by atoms with Crippen LogP contribution in [0.5, 0.6) is 0 Å². The van der Waals surface area contributed by atoms with Crippen molar-refractivity contribution < 1.29 is 0 Å². The Morgan fingerprint density at radius 3 is 1.90 bits per heavy atom. The van der Waals surface area contributed by atoms with Gasteiger partial charge in [-0.15, -0.1) is 0 Å². The van der Waals surface area contributed by atoms with E-state index in [0.29, 0.717) is 17.5 Å². The van der Waals surface area contributed by atoms with E-state index in [1.54, 1.807) is 0 Å². The summed E-state index contributed by atoms with van der Waals surface area (Å²) >= 11 is 0. The van der Waals surface area contributed by atoms with Gasteiger partial charge in [0, 0.05) is 33.0 Å². The van der Waals surface area contributed by atoms with Gasteiger partial charge in [0.15, 0.2) is 0 Å². The molecule has 0 saturated carbocycles. The monoisotopic (exact) mass is 653 g/mol. The number of allylic oxidation sites excluding steroid dienone is 1. The van der Waals surface area contributed by atoms with Crippen LogP contribution in [0.1, 0.15) is 35.7 Å². The molecule has 5 nitrogen and oxygen atoms in total. The number of hydrogen-bond acceptors (Lipinski definition) is 3. The maximum absolute atomic E-state index is 10.8. The molecule has 0 fully saturated rings. The van der Waals surface area contributed by atoms with Crippen LogP contribution in [0.25, 0.3) is 72.4 Å². The fourth-order valence-corrected chi connectivity index (χ4v) is 7.51. The molecule has 0 radical (unpaired) electrons. The topological polar surface area (TPSA) is 81.2 Å². The number of aromatic nitrogens is 2. The Morgan fingerprint density at radius 2 is 1.20 bits per heavy atom. The molecule has 2 heterocycles. The van der Waals surface area contributed by atoms with Crippen molar-refractivity contribution in [2.24, 2.45) is 0 Å². The number of rotatable bonds is 7. The first-order valence-corrected chi connectivity index (χ1v) is 17.0. The lowest BCUT2D eigenvalue weighted by Gasteiger charge is -2.17. The number of benzene rings is 6. The van der Waals surface area contributed by atoms with Crippen LogP contribution in [0.3, 0.4) is 0 Å². The fourth-order valence-electron chi connectivity index (χ4n) is 7.51. The lowest BCUT2D eigenvalue weighted by Crippen LogP contribution is -2.01. The van der Waals surface area contributed by atoms with Gasteiger partial charge in [-0.1, -0.05) is 97.9 Å². The molecule has 0 amide bonds. The molecule has 8 aromatic rings. The van der Waals surface area contributed by atoms with Gasteiger partial charge in [0.05, 0.1) is 57.6 Å². The number of fused-ring (bicyclic) bond motifs is 4. The second kappa shape index (κ2) is 13.1. The van der Waals surface area contributed by atoms with Gasteiger partial charge in [-0.25, -0.2) is 0 Å². The first kappa shape index (κ1) is 31.2. The number of nitrogens with zero attached hydrogens (tertiary/aromatic N) is 5. The second-order valence-electron chi connectivity index (χ2n) is 12.4. The van der Waals surface area contributed by atoms with Gasteiger partial charge in [-0.3, -0.25) is 0 Å². The number of aryl methyl sites for hydroxylation is 1. The summed E-state index contributed by atoms with van der Waals surface area (Å²) in [4.78, 5) is 0. The molecule has 0 N–H and O–H groups in total. The summed E-state index contributed by atoms with van der Waals surface area (Å²) in [6.45, 7) is 2.12. The Morgan fingerprint density at radius 1 is 0.569 bits per heavy atom. The molecule has 0 atom stereocenters. The van der Waals surface area contributed by atoms with Crippen molar-refractivity contribution in [1.29, 1.82) is 15.8 Å². The molecule has 0 aliphatic heterocycles. The Balaban J connectivity index is 1.32. The van der Waals surface area contributed by atoms with Crippen LogP contribution in [0.15, 0.2) is 140 Å². The predicted octanol–water partition coefficient (Wildman–Crippen LogP) is 11.3. The van der Waals surface area contributed by atoms with E-state index in [1.807, 2.05) is 78.9 Å². The van der Waals surface area contributed by atoms with Crippen molar-refractivity contribution in [3.8, 4) is 51.8 Å². The molecule has 0 spiro atoms. The Kier molecular flexibility index (Phi) is 7.98.